The maximum absolute atomic E-state index is 11.6. The highest BCUT2D eigenvalue weighted by Crippen LogP contribution is 2.09. The molecule has 0 saturated carbocycles. The van der Waals surface area contributed by atoms with E-state index in [1.807, 2.05) is 12.1 Å². The number of halogens is 1. The monoisotopic (exact) mass is 269 g/mol. The van der Waals surface area contributed by atoms with Crippen molar-refractivity contribution in [3.63, 3.8) is 0 Å². The summed E-state index contributed by atoms with van der Waals surface area (Å²) in [6.07, 6.45) is 4.27. The van der Waals surface area contributed by atoms with Gasteiger partial charge in [-0.2, -0.15) is 0 Å². The van der Waals surface area contributed by atoms with Crippen LogP contribution in [0.2, 0.25) is 5.02 Å². The standard InChI is InChI=1S/C14H20ClNO2/c15-13-7-5-12(6-8-13)11-14(18)16-9-3-1-2-4-10-17/h5-8,17H,1-4,9-11H2,(H,16,18). The van der Waals surface area contributed by atoms with Gasteiger partial charge in [0.15, 0.2) is 0 Å². The van der Waals surface area contributed by atoms with Crippen molar-refractivity contribution in [3.8, 4) is 0 Å². The maximum atomic E-state index is 11.6. The van der Waals surface area contributed by atoms with E-state index in [1.165, 1.54) is 0 Å². The Labute approximate surface area is 113 Å². The third-order valence-corrected chi connectivity index (χ3v) is 2.94. The zero-order valence-corrected chi connectivity index (χ0v) is 11.2. The van der Waals surface area contributed by atoms with Gasteiger partial charge in [-0.3, -0.25) is 4.79 Å². The first-order valence-electron chi connectivity index (χ1n) is 6.34. The van der Waals surface area contributed by atoms with E-state index in [1.54, 1.807) is 12.1 Å². The first kappa shape index (κ1) is 15.0. The van der Waals surface area contributed by atoms with E-state index in [9.17, 15) is 4.79 Å². The number of amides is 1. The van der Waals surface area contributed by atoms with E-state index in [4.69, 9.17) is 16.7 Å². The lowest BCUT2D eigenvalue weighted by Crippen LogP contribution is -2.26. The quantitative estimate of drug-likeness (QED) is 0.713. The van der Waals surface area contributed by atoms with Crippen molar-refractivity contribution in [1.82, 2.24) is 5.32 Å². The number of rotatable bonds is 8. The third-order valence-electron chi connectivity index (χ3n) is 2.68. The molecule has 100 valence electrons. The number of aliphatic hydroxyl groups is 1. The number of nitrogens with one attached hydrogen (secondary N) is 1. The van der Waals surface area contributed by atoms with Crippen molar-refractivity contribution in [2.45, 2.75) is 32.1 Å². The van der Waals surface area contributed by atoms with Crippen LogP contribution >= 0.6 is 11.6 Å². The Morgan fingerprint density at radius 3 is 2.44 bits per heavy atom. The number of aliphatic hydroxyl groups excluding tert-OH is 1. The van der Waals surface area contributed by atoms with E-state index in [0.29, 0.717) is 18.0 Å². The number of unbranched alkanes of at least 4 members (excludes halogenated alkanes) is 3. The smallest absolute Gasteiger partial charge is 0.224 e. The second-order valence-corrected chi connectivity index (χ2v) is 4.73. The summed E-state index contributed by atoms with van der Waals surface area (Å²) < 4.78 is 0. The highest BCUT2D eigenvalue weighted by molar-refractivity contribution is 6.30. The highest BCUT2D eigenvalue weighted by atomic mass is 35.5. The molecule has 0 heterocycles. The first-order chi connectivity index (χ1) is 8.72. The molecule has 18 heavy (non-hydrogen) atoms. The normalized spacial score (nSPS) is 10.3. The van der Waals surface area contributed by atoms with E-state index in [-0.39, 0.29) is 12.5 Å². The lowest BCUT2D eigenvalue weighted by Gasteiger charge is -2.05. The molecular formula is C14H20ClNO2. The molecule has 0 fully saturated rings. The lowest BCUT2D eigenvalue weighted by atomic mass is 10.1. The summed E-state index contributed by atoms with van der Waals surface area (Å²) in [5, 5.41) is 12.2. The van der Waals surface area contributed by atoms with Gasteiger partial charge >= 0.3 is 0 Å². The van der Waals surface area contributed by atoms with Crippen LogP contribution in [0.1, 0.15) is 31.2 Å². The molecule has 1 aromatic carbocycles. The zero-order valence-electron chi connectivity index (χ0n) is 10.5. The van der Waals surface area contributed by atoms with Crippen LogP contribution in [0.5, 0.6) is 0 Å². The summed E-state index contributed by atoms with van der Waals surface area (Å²) in [4.78, 5) is 11.6. The van der Waals surface area contributed by atoms with Gasteiger partial charge in [-0.05, 0) is 30.5 Å². The fourth-order valence-corrected chi connectivity index (χ4v) is 1.79. The highest BCUT2D eigenvalue weighted by Gasteiger charge is 2.02. The van der Waals surface area contributed by atoms with Crippen LogP contribution < -0.4 is 5.32 Å². The van der Waals surface area contributed by atoms with Crippen LogP contribution in [0.4, 0.5) is 0 Å². The van der Waals surface area contributed by atoms with Gasteiger partial charge in [0.2, 0.25) is 5.91 Å². The average molecular weight is 270 g/mol. The SMILES string of the molecule is O=C(Cc1ccc(Cl)cc1)NCCCCCCO. The minimum Gasteiger partial charge on any atom is -0.396 e. The largest absolute Gasteiger partial charge is 0.396 e. The van der Waals surface area contributed by atoms with E-state index < -0.39 is 0 Å². The van der Waals surface area contributed by atoms with Crippen molar-refractivity contribution in [2.24, 2.45) is 0 Å². The molecule has 4 heteroatoms. The van der Waals surface area contributed by atoms with Crippen molar-refractivity contribution in [2.75, 3.05) is 13.2 Å². The summed E-state index contributed by atoms with van der Waals surface area (Å²) in [6.45, 7) is 0.959. The average Bonchev–Trinajstić information content (AvgIpc) is 2.36. The Bertz CT molecular complexity index is 351. The fraction of sp³-hybridized carbons (Fsp3) is 0.500. The summed E-state index contributed by atoms with van der Waals surface area (Å²) >= 11 is 5.77. The molecule has 1 amide bonds. The van der Waals surface area contributed by atoms with Gasteiger partial charge in [-0.25, -0.2) is 0 Å². The molecule has 0 radical (unpaired) electrons. The Kier molecular flexibility index (Phi) is 7.46. The molecule has 0 saturated heterocycles. The number of hydrogen-bond acceptors (Lipinski definition) is 2. The molecule has 0 atom stereocenters. The van der Waals surface area contributed by atoms with Gasteiger partial charge in [0, 0.05) is 18.2 Å². The molecule has 0 unspecified atom stereocenters. The molecule has 0 bridgehead atoms. The third kappa shape index (κ3) is 6.62. The molecule has 0 aliphatic heterocycles. The van der Waals surface area contributed by atoms with Crippen LogP contribution in [-0.2, 0) is 11.2 Å². The Hall–Kier alpha value is -1.06. The van der Waals surface area contributed by atoms with Crippen LogP contribution in [0, 0.1) is 0 Å². The van der Waals surface area contributed by atoms with E-state index >= 15 is 0 Å². The van der Waals surface area contributed by atoms with E-state index in [0.717, 1.165) is 31.2 Å². The predicted octanol–water partition coefficient (Wildman–Crippen LogP) is 2.55. The van der Waals surface area contributed by atoms with E-state index in [2.05, 4.69) is 5.32 Å². The van der Waals surface area contributed by atoms with Gasteiger partial charge in [0.1, 0.15) is 0 Å². The summed E-state index contributed by atoms with van der Waals surface area (Å²) in [6, 6.07) is 7.31. The number of carbonyl (C=O) groups is 1. The number of benzene rings is 1. The minimum atomic E-state index is 0.0412. The molecule has 0 aliphatic carbocycles. The minimum absolute atomic E-state index is 0.0412. The Morgan fingerprint density at radius 1 is 1.11 bits per heavy atom. The van der Waals surface area contributed by atoms with Crippen LogP contribution in [-0.4, -0.2) is 24.2 Å². The first-order valence-corrected chi connectivity index (χ1v) is 6.72. The maximum Gasteiger partial charge on any atom is 0.224 e. The van der Waals surface area contributed by atoms with Crippen molar-refractivity contribution in [3.05, 3.63) is 34.9 Å². The second-order valence-electron chi connectivity index (χ2n) is 4.29. The summed E-state index contributed by atoms with van der Waals surface area (Å²) in [7, 11) is 0. The molecule has 3 nitrogen and oxygen atoms in total. The van der Waals surface area contributed by atoms with Crippen molar-refractivity contribution < 1.29 is 9.90 Å². The van der Waals surface area contributed by atoms with Gasteiger partial charge in [0.25, 0.3) is 0 Å². The van der Waals surface area contributed by atoms with Crippen molar-refractivity contribution in [1.29, 1.82) is 0 Å². The van der Waals surface area contributed by atoms with Gasteiger partial charge < -0.3 is 10.4 Å². The van der Waals surface area contributed by atoms with Gasteiger partial charge in [-0.1, -0.05) is 36.6 Å². The molecule has 0 aromatic heterocycles. The molecule has 1 aromatic rings. The molecular weight excluding hydrogens is 250 g/mol. The Balaban J connectivity index is 2.12. The van der Waals surface area contributed by atoms with Crippen molar-refractivity contribution >= 4 is 17.5 Å². The molecule has 0 spiro atoms. The molecule has 1 rings (SSSR count). The number of hydrogen-bond donors (Lipinski definition) is 2. The van der Waals surface area contributed by atoms with Crippen LogP contribution in [0.25, 0.3) is 0 Å². The van der Waals surface area contributed by atoms with Gasteiger partial charge in [0.05, 0.1) is 6.42 Å². The molecule has 0 aliphatic rings. The second kappa shape index (κ2) is 8.95. The molecule has 2 N–H and O–H groups in total. The topological polar surface area (TPSA) is 49.3 Å². The zero-order chi connectivity index (χ0) is 13.2. The summed E-state index contributed by atoms with van der Waals surface area (Å²) in [5.41, 5.74) is 0.970. The summed E-state index contributed by atoms with van der Waals surface area (Å²) in [5.74, 6) is 0.0412. The number of carbonyl (C=O) groups excluding carboxylic acids is 1. The predicted molar refractivity (Wildman–Crippen MR) is 73.7 cm³/mol. The Morgan fingerprint density at radius 2 is 1.78 bits per heavy atom. The van der Waals surface area contributed by atoms with Crippen LogP contribution in [0.3, 0.4) is 0 Å². The van der Waals surface area contributed by atoms with Gasteiger partial charge in [-0.15, -0.1) is 0 Å². The fourth-order valence-electron chi connectivity index (χ4n) is 1.67. The lowest BCUT2D eigenvalue weighted by molar-refractivity contribution is -0.120. The van der Waals surface area contributed by atoms with Crippen LogP contribution in [0.15, 0.2) is 24.3 Å².